The van der Waals surface area contributed by atoms with Crippen LogP contribution in [0.4, 0.5) is 29.3 Å². The molecule has 4 rings (SSSR count). The van der Waals surface area contributed by atoms with Crippen molar-refractivity contribution in [3.05, 3.63) is 93.5 Å². The summed E-state index contributed by atoms with van der Waals surface area (Å²) < 4.78 is 50.1. The number of alkyl halides is 3. The van der Waals surface area contributed by atoms with Gasteiger partial charge in [-0.1, -0.05) is 24.3 Å². The van der Waals surface area contributed by atoms with Crippen LogP contribution in [0, 0.1) is 10.1 Å². The van der Waals surface area contributed by atoms with Gasteiger partial charge in [0.25, 0.3) is 11.8 Å². The molecule has 0 unspecified atom stereocenters. The van der Waals surface area contributed by atoms with E-state index in [1.54, 1.807) is 25.1 Å². The third kappa shape index (κ3) is 5.71. The van der Waals surface area contributed by atoms with Crippen LogP contribution < -0.4 is 19.7 Å². The lowest BCUT2D eigenvalue weighted by atomic mass is 10.1. The molecule has 10 nitrogen and oxygen atoms in total. The smallest absolute Gasteiger partial charge is 0.416 e. The van der Waals surface area contributed by atoms with Crippen molar-refractivity contribution in [2.24, 2.45) is 0 Å². The first-order valence-corrected chi connectivity index (χ1v) is 11.3. The van der Waals surface area contributed by atoms with Gasteiger partial charge in [-0.15, -0.1) is 0 Å². The Hall–Kier alpha value is -5.20. The zero-order valence-electron chi connectivity index (χ0n) is 20.0. The molecule has 13 heteroatoms. The van der Waals surface area contributed by atoms with Crippen molar-refractivity contribution in [2.45, 2.75) is 13.1 Å². The number of nitrogens with one attached hydrogen (secondary N) is 1. The molecular weight excluding hydrogens is 523 g/mol. The third-order valence-corrected chi connectivity index (χ3v) is 5.40. The summed E-state index contributed by atoms with van der Waals surface area (Å²) in [4.78, 5) is 49.0. The fourth-order valence-electron chi connectivity index (χ4n) is 3.64. The van der Waals surface area contributed by atoms with Gasteiger partial charge in [0.05, 0.1) is 22.8 Å². The number of carbonyl (C=O) groups excluding carboxylic acids is 3. The minimum atomic E-state index is -4.79. The van der Waals surface area contributed by atoms with Crippen LogP contribution in [0.25, 0.3) is 6.08 Å². The number of imide groups is 2. The number of hydrogen-bond donors (Lipinski definition) is 1. The second-order valence-electron chi connectivity index (χ2n) is 7.97. The van der Waals surface area contributed by atoms with Gasteiger partial charge < -0.3 is 9.47 Å². The Kier molecular flexibility index (Phi) is 7.33. The first-order chi connectivity index (χ1) is 18.5. The molecule has 0 saturated carbocycles. The fourth-order valence-corrected chi connectivity index (χ4v) is 3.64. The normalized spacial score (nSPS) is 14.8. The number of amides is 4. The number of barbiturate groups is 1. The second-order valence-corrected chi connectivity index (χ2v) is 7.97. The van der Waals surface area contributed by atoms with Gasteiger partial charge in [-0.25, -0.2) is 9.69 Å². The Labute approximate surface area is 218 Å². The fraction of sp³-hybridized carbons (Fsp3) is 0.115. The highest BCUT2D eigenvalue weighted by molar-refractivity contribution is 6.39. The van der Waals surface area contributed by atoms with Gasteiger partial charge in [0.2, 0.25) is 5.75 Å². The molecule has 4 amide bonds. The third-order valence-electron chi connectivity index (χ3n) is 5.40. The van der Waals surface area contributed by atoms with Crippen LogP contribution in [0.5, 0.6) is 17.2 Å². The Morgan fingerprint density at radius 1 is 0.974 bits per heavy atom. The van der Waals surface area contributed by atoms with E-state index >= 15 is 0 Å². The predicted molar refractivity (Wildman–Crippen MR) is 131 cm³/mol. The monoisotopic (exact) mass is 541 g/mol. The number of ether oxygens (including phenoxy) is 2. The van der Waals surface area contributed by atoms with E-state index in [4.69, 9.17) is 9.47 Å². The van der Waals surface area contributed by atoms with Crippen molar-refractivity contribution in [1.82, 2.24) is 5.32 Å². The highest BCUT2D eigenvalue weighted by Crippen LogP contribution is 2.40. The first kappa shape index (κ1) is 26.9. The molecule has 0 aliphatic carbocycles. The molecular formula is C26H18F3N3O7. The standard InChI is InChI=1S/C26H18F3N3O7/c1-2-38-22-13-15(12-18-23(33)30-25(35)31(24(18)34)17-6-4-3-5-7-17)8-10-21(22)39-20-11-9-16(26(27,28)29)14-19(20)32(36)37/h3-14H,2H2,1H3,(H,30,33,35)/b18-12+. The van der Waals surface area contributed by atoms with Gasteiger partial charge in [0.1, 0.15) is 5.57 Å². The molecule has 0 aromatic heterocycles. The van der Waals surface area contributed by atoms with Crippen molar-refractivity contribution < 1.29 is 42.0 Å². The summed E-state index contributed by atoms with van der Waals surface area (Å²) >= 11 is 0. The Balaban J connectivity index is 1.69. The number of nitro groups is 1. The van der Waals surface area contributed by atoms with Crippen LogP contribution in [0.15, 0.2) is 72.3 Å². The van der Waals surface area contributed by atoms with Crippen LogP contribution in [-0.4, -0.2) is 29.4 Å². The number of carbonyl (C=O) groups is 3. The number of hydrogen-bond acceptors (Lipinski definition) is 7. The van der Waals surface area contributed by atoms with Crippen LogP contribution in [0.3, 0.4) is 0 Å². The number of rotatable bonds is 7. The number of halogens is 3. The summed E-state index contributed by atoms with van der Waals surface area (Å²) in [5, 5.41) is 13.5. The second kappa shape index (κ2) is 10.7. The topological polar surface area (TPSA) is 128 Å². The minimum absolute atomic E-state index is 0.0284. The van der Waals surface area contributed by atoms with Crippen LogP contribution in [0.1, 0.15) is 18.1 Å². The van der Waals surface area contributed by atoms with Crippen molar-refractivity contribution in [3.8, 4) is 17.2 Å². The lowest BCUT2D eigenvalue weighted by Gasteiger charge is -2.26. The molecule has 1 N–H and O–H groups in total. The summed E-state index contributed by atoms with van der Waals surface area (Å²) in [6.07, 6.45) is -3.58. The van der Waals surface area contributed by atoms with Gasteiger partial charge >= 0.3 is 17.9 Å². The number of benzene rings is 3. The van der Waals surface area contributed by atoms with Crippen molar-refractivity contribution >= 4 is 35.3 Å². The number of urea groups is 1. The molecule has 0 spiro atoms. The van der Waals surface area contributed by atoms with Crippen LogP contribution >= 0.6 is 0 Å². The maximum absolute atomic E-state index is 13.0. The molecule has 39 heavy (non-hydrogen) atoms. The SMILES string of the molecule is CCOc1cc(/C=C2\C(=O)NC(=O)N(c3ccccc3)C2=O)ccc1Oc1ccc(C(F)(F)F)cc1[N+](=O)[O-]. The zero-order chi connectivity index (χ0) is 28.3. The van der Waals surface area contributed by atoms with Gasteiger partial charge in [-0.3, -0.25) is 25.0 Å². The number of nitrogens with zero attached hydrogens (tertiary/aromatic N) is 2. The maximum Gasteiger partial charge on any atom is 0.416 e. The average molecular weight is 541 g/mol. The minimum Gasteiger partial charge on any atom is -0.490 e. The van der Waals surface area contributed by atoms with E-state index < -0.39 is 45.9 Å². The maximum atomic E-state index is 13.0. The quantitative estimate of drug-likeness (QED) is 0.182. The van der Waals surface area contributed by atoms with Gasteiger partial charge in [0.15, 0.2) is 11.5 Å². The van der Waals surface area contributed by atoms with E-state index in [-0.39, 0.29) is 34.9 Å². The lowest BCUT2D eigenvalue weighted by molar-refractivity contribution is -0.385. The molecule has 1 saturated heterocycles. The van der Waals surface area contributed by atoms with Gasteiger partial charge in [-0.05, 0) is 55.0 Å². The Morgan fingerprint density at radius 3 is 2.31 bits per heavy atom. The van der Waals surface area contributed by atoms with E-state index in [2.05, 4.69) is 5.32 Å². The van der Waals surface area contributed by atoms with Crippen molar-refractivity contribution in [1.29, 1.82) is 0 Å². The zero-order valence-corrected chi connectivity index (χ0v) is 20.0. The first-order valence-electron chi connectivity index (χ1n) is 11.3. The molecule has 0 bridgehead atoms. The molecule has 3 aromatic carbocycles. The predicted octanol–water partition coefficient (Wildman–Crippen LogP) is 5.47. The Morgan fingerprint density at radius 2 is 1.67 bits per heavy atom. The van der Waals surface area contributed by atoms with Crippen molar-refractivity contribution in [2.75, 3.05) is 11.5 Å². The molecule has 1 aliphatic heterocycles. The summed E-state index contributed by atoms with van der Waals surface area (Å²) in [7, 11) is 0. The average Bonchev–Trinajstić information content (AvgIpc) is 2.88. The number of nitro benzene ring substituents is 1. The van der Waals surface area contributed by atoms with Crippen LogP contribution in [-0.2, 0) is 15.8 Å². The number of anilines is 1. The largest absolute Gasteiger partial charge is 0.490 e. The Bertz CT molecular complexity index is 1500. The van der Waals surface area contributed by atoms with E-state index in [9.17, 15) is 37.7 Å². The van der Waals surface area contributed by atoms with Crippen LogP contribution in [0.2, 0.25) is 0 Å². The van der Waals surface area contributed by atoms with Gasteiger partial charge in [-0.2, -0.15) is 13.2 Å². The van der Waals surface area contributed by atoms with E-state index in [0.717, 1.165) is 11.0 Å². The molecule has 0 atom stereocenters. The molecule has 1 fully saturated rings. The van der Waals surface area contributed by atoms with Crippen molar-refractivity contribution in [3.63, 3.8) is 0 Å². The van der Waals surface area contributed by atoms with Gasteiger partial charge in [0, 0.05) is 6.07 Å². The summed E-state index contributed by atoms with van der Waals surface area (Å²) in [5.74, 6) is -2.29. The summed E-state index contributed by atoms with van der Waals surface area (Å²) in [5.41, 5.74) is -1.96. The highest BCUT2D eigenvalue weighted by atomic mass is 19.4. The molecule has 1 heterocycles. The van der Waals surface area contributed by atoms with E-state index in [1.165, 1.54) is 36.4 Å². The number of para-hydroxylation sites is 1. The van der Waals surface area contributed by atoms with E-state index in [1.807, 2.05) is 0 Å². The molecule has 200 valence electrons. The summed E-state index contributed by atoms with van der Waals surface area (Å²) in [6, 6.07) is 13.0. The van der Waals surface area contributed by atoms with E-state index in [0.29, 0.717) is 12.1 Å². The highest BCUT2D eigenvalue weighted by Gasteiger charge is 2.37. The molecule has 1 aliphatic rings. The lowest BCUT2D eigenvalue weighted by Crippen LogP contribution is -2.54. The molecule has 0 radical (unpaired) electrons. The molecule has 3 aromatic rings. The summed E-state index contributed by atoms with van der Waals surface area (Å²) in [6.45, 7) is 1.75.